The molecule has 2 aromatic carbocycles. The minimum atomic E-state index is -0.0503. The van der Waals surface area contributed by atoms with Crippen molar-refractivity contribution in [2.75, 3.05) is 0 Å². The Morgan fingerprint density at radius 2 is 1.04 bits per heavy atom. The maximum absolute atomic E-state index is 10.7. The van der Waals surface area contributed by atoms with Gasteiger partial charge >= 0.3 is 0 Å². The first kappa shape index (κ1) is 24.1. The molecule has 0 radical (unpaired) electrons. The Balaban J connectivity index is 0.000000820. The quantitative estimate of drug-likeness (QED) is 0.402. The van der Waals surface area contributed by atoms with E-state index in [9.17, 15) is 5.11 Å². The van der Waals surface area contributed by atoms with Crippen LogP contribution >= 0.6 is 0 Å². The molecular weight excluding hydrogens is 340 g/mol. The Morgan fingerprint density at radius 1 is 0.680 bits per heavy atom. The van der Waals surface area contributed by atoms with Gasteiger partial charge < -0.3 is 5.11 Å². The Labute approximate surface area is 170 Å². The molecule has 0 aromatic heterocycles. The van der Waals surface area contributed by atoms with E-state index < -0.39 is 0 Å². The molecule has 1 N–H and O–H groups in total. The molecule has 0 aliphatic heterocycles. The molecule has 0 atom stereocenters. The van der Waals surface area contributed by atoms with Crippen molar-refractivity contribution in [3.8, 4) is 5.75 Å². The second-order valence-corrected chi connectivity index (χ2v) is 9.63. The smallest absolute Gasteiger partial charge is 0.123 e. The van der Waals surface area contributed by atoms with Crippen LogP contribution in [0.25, 0.3) is 0 Å². The molecule has 2 heteroatoms. The molecule has 0 unspecified atom stereocenters. The van der Waals surface area contributed by atoms with E-state index in [1.807, 2.05) is 30.3 Å². The molecular formula is C23H35OTi-. The van der Waals surface area contributed by atoms with Gasteiger partial charge in [-0.2, -0.15) is 18.2 Å². The molecule has 0 aliphatic rings. The van der Waals surface area contributed by atoms with Crippen LogP contribution in [0.3, 0.4) is 0 Å². The zero-order valence-corrected chi connectivity index (χ0v) is 19.1. The van der Waals surface area contributed by atoms with E-state index in [0.717, 1.165) is 11.1 Å². The molecule has 2 aromatic rings. The molecule has 0 fully saturated rings. The van der Waals surface area contributed by atoms with Crippen LogP contribution in [0.15, 0.2) is 42.5 Å². The molecule has 0 amide bonds. The van der Waals surface area contributed by atoms with Crippen molar-refractivity contribution in [3.05, 3.63) is 59.2 Å². The monoisotopic (exact) mass is 375 g/mol. The minimum absolute atomic E-state index is 0. The summed E-state index contributed by atoms with van der Waals surface area (Å²) >= 11 is 0. The second kappa shape index (κ2) is 8.65. The van der Waals surface area contributed by atoms with Gasteiger partial charge in [0.15, 0.2) is 0 Å². The number of phenols is 1. The second-order valence-electron chi connectivity index (χ2n) is 9.63. The number of rotatable bonds is 0. The first-order chi connectivity index (χ1) is 10.7. The van der Waals surface area contributed by atoms with Crippen LogP contribution in [0.5, 0.6) is 5.75 Å². The summed E-state index contributed by atoms with van der Waals surface area (Å²) in [6.45, 7) is 19.6. The zero-order chi connectivity index (χ0) is 18.8. The van der Waals surface area contributed by atoms with Crippen molar-refractivity contribution in [2.24, 2.45) is 0 Å². The van der Waals surface area contributed by atoms with E-state index in [-0.39, 0.29) is 38.0 Å². The van der Waals surface area contributed by atoms with Crippen LogP contribution in [0.2, 0.25) is 0 Å². The number of aromatic hydroxyl groups is 1. The van der Waals surface area contributed by atoms with Gasteiger partial charge in [0, 0.05) is 21.7 Å². The Bertz CT molecular complexity index is 580. The molecule has 0 bridgehead atoms. The van der Waals surface area contributed by atoms with E-state index in [0.29, 0.717) is 5.75 Å². The van der Waals surface area contributed by atoms with Gasteiger partial charge in [-0.1, -0.05) is 74.4 Å². The van der Waals surface area contributed by atoms with E-state index in [4.69, 9.17) is 0 Å². The third-order valence-electron chi connectivity index (χ3n) is 4.15. The van der Waals surface area contributed by atoms with Crippen molar-refractivity contribution < 1.29 is 26.8 Å². The summed E-state index contributed by atoms with van der Waals surface area (Å²) in [5.74, 6) is 0.466. The standard InChI is InChI=1S/C18H30O.C5H5.Ti/c1-16(2,3)12-10-13(17(4,5)6)15(19)14(11-12)18(7,8)9;1-2-4-5-3-1;/h10-11,19H,1-9H3;1-5H;/q;-1;. The zero-order valence-electron chi connectivity index (χ0n) is 17.5. The van der Waals surface area contributed by atoms with Gasteiger partial charge in [0.25, 0.3) is 0 Å². The van der Waals surface area contributed by atoms with Crippen molar-refractivity contribution in [1.82, 2.24) is 0 Å². The number of phenolic OH excluding ortho intramolecular Hbond substituents is 1. The molecule has 0 saturated carbocycles. The summed E-state index contributed by atoms with van der Waals surface area (Å²) in [5, 5.41) is 10.7. The summed E-state index contributed by atoms with van der Waals surface area (Å²) in [4.78, 5) is 0. The van der Waals surface area contributed by atoms with Gasteiger partial charge in [-0.3, -0.25) is 0 Å². The fourth-order valence-electron chi connectivity index (χ4n) is 2.53. The SMILES string of the molecule is CC(C)(C)c1cc(C(C)(C)C)c(O)c(C(C)(C)C)c1.[Ti].c1cc[cH-]c1. The third-order valence-corrected chi connectivity index (χ3v) is 4.15. The van der Waals surface area contributed by atoms with Crippen LogP contribution < -0.4 is 0 Å². The number of hydrogen-bond donors (Lipinski definition) is 1. The Morgan fingerprint density at radius 3 is 1.24 bits per heavy atom. The molecule has 0 spiro atoms. The largest absolute Gasteiger partial charge is 0.507 e. The summed E-state index contributed by atoms with van der Waals surface area (Å²) in [6.07, 6.45) is 0. The molecule has 138 valence electrons. The maximum Gasteiger partial charge on any atom is 0.123 e. The summed E-state index contributed by atoms with van der Waals surface area (Å²) < 4.78 is 0. The summed E-state index contributed by atoms with van der Waals surface area (Å²) in [6, 6.07) is 14.3. The molecule has 0 saturated heterocycles. The van der Waals surface area contributed by atoms with Crippen LogP contribution in [0, 0.1) is 0 Å². The molecule has 1 nitrogen and oxygen atoms in total. The fraction of sp³-hybridized carbons (Fsp3) is 0.522. The minimum Gasteiger partial charge on any atom is -0.507 e. The van der Waals surface area contributed by atoms with Gasteiger partial charge in [-0.15, -0.1) is 0 Å². The van der Waals surface area contributed by atoms with Crippen LogP contribution in [-0.2, 0) is 38.0 Å². The van der Waals surface area contributed by atoms with Crippen LogP contribution in [-0.4, -0.2) is 5.11 Å². The van der Waals surface area contributed by atoms with E-state index in [1.165, 1.54) is 5.56 Å². The van der Waals surface area contributed by atoms with Crippen LogP contribution in [0.1, 0.15) is 79.0 Å². The van der Waals surface area contributed by atoms with Gasteiger partial charge in [0.05, 0.1) is 0 Å². The fourth-order valence-corrected chi connectivity index (χ4v) is 2.53. The molecule has 25 heavy (non-hydrogen) atoms. The average molecular weight is 375 g/mol. The predicted molar refractivity (Wildman–Crippen MR) is 106 cm³/mol. The van der Waals surface area contributed by atoms with Crippen molar-refractivity contribution >= 4 is 0 Å². The topological polar surface area (TPSA) is 20.2 Å². The first-order valence-electron chi connectivity index (χ1n) is 8.79. The Kier molecular flexibility index (Phi) is 8.33. The van der Waals surface area contributed by atoms with Gasteiger partial charge in [0.2, 0.25) is 0 Å². The van der Waals surface area contributed by atoms with Gasteiger partial charge in [-0.05, 0) is 32.9 Å². The van der Waals surface area contributed by atoms with E-state index >= 15 is 0 Å². The van der Waals surface area contributed by atoms with Crippen molar-refractivity contribution in [2.45, 2.75) is 78.6 Å². The van der Waals surface area contributed by atoms with Gasteiger partial charge in [0.1, 0.15) is 5.75 Å². The Hall–Kier alpha value is -0.916. The summed E-state index contributed by atoms with van der Waals surface area (Å²) in [5.41, 5.74) is 3.37. The third kappa shape index (κ3) is 7.08. The number of benzene rings is 1. The van der Waals surface area contributed by atoms with Crippen LogP contribution in [0.4, 0.5) is 0 Å². The van der Waals surface area contributed by atoms with Crippen molar-refractivity contribution in [3.63, 3.8) is 0 Å². The molecule has 0 aliphatic carbocycles. The number of hydrogen-bond acceptors (Lipinski definition) is 1. The first-order valence-corrected chi connectivity index (χ1v) is 8.79. The summed E-state index contributed by atoms with van der Waals surface area (Å²) in [7, 11) is 0. The van der Waals surface area contributed by atoms with E-state index in [2.05, 4.69) is 74.4 Å². The molecule has 0 heterocycles. The van der Waals surface area contributed by atoms with Gasteiger partial charge in [-0.25, -0.2) is 12.1 Å². The normalized spacial score (nSPS) is 12.0. The average Bonchev–Trinajstić information content (AvgIpc) is 2.93. The maximum atomic E-state index is 10.7. The predicted octanol–water partition coefficient (Wildman–Crippen LogP) is 6.69. The van der Waals surface area contributed by atoms with E-state index in [1.54, 1.807) is 0 Å². The van der Waals surface area contributed by atoms with Crippen molar-refractivity contribution in [1.29, 1.82) is 0 Å². The molecule has 2 rings (SSSR count).